The summed E-state index contributed by atoms with van der Waals surface area (Å²) in [5, 5.41) is 0. The molecule has 1 heterocycles. The van der Waals surface area contributed by atoms with Crippen LogP contribution in [0, 0.1) is 17.8 Å². The number of ether oxygens (including phenoxy) is 1. The van der Waals surface area contributed by atoms with Gasteiger partial charge in [-0.3, -0.25) is 11.3 Å². The van der Waals surface area contributed by atoms with E-state index in [1.54, 1.807) is 0 Å². The van der Waals surface area contributed by atoms with Crippen molar-refractivity contribution in [2.75, 3.05) is 0 Å². The fourth-order valence-corrected chi connectivity index (χ4v) is 4.77. The second-order valence-corrected chi connectivity index (χ2v) is 8.17. The maximum absolute atomic E-state index is 6.28. The second-order valence-electron chi connectivity index (χ2n) is 8.17. The molecule has 20 heavy (non-hydrogen) atoms. The lowest BCUT2D eigenvalue weighted by Crippen LogP contribution is -2.52. The first-order valence-corrected chi connectivity index (χ1v) is 8.45. The zero-order valence-corrected chi connectivity index (χ0v) is 14.0. The topological polar surface area (TPSA) is 47.3 Å². The maximum Gasteiger partial charge on any atom is 0.0678 e. The van der Waals surface area contributed by atoms with E-state index in [9.17, 15) is 0 Å². The van der Waals surface area contributed by atoms with Gasteiger partial charge in [-0.25, -0.2) is 0 Å². The molecular formula is C17H34N2O. The molecule has 0 radical (unpaired) electrons. The van der Waals surface area contributed by atoms with E-state index >= 15 is 0 Å². The van der Waals surface area contributed by atoms with Gasteiger partial charge in [-0.1, -0.05) is 26.2 Å². The van der Waals surface area contributed by atoms with E-state index in [4.69, 9.17) is 10.6 Å². The zero-order valence-electron chi connectivity index (χ0n) is 14.0. The number of hydrogen-bond acceptors (Lipinski definition) is 3. The van der Waals surface area contributed by atoms with Crippen molar-refractivity contribution >= 4 is 0 Å². The largest absolute Gasteiger partial charge is 0.369 e. The van der Waals surface area contributed by atoms with E-state index < -0.39 is 0 Å². The van der Waals surface area contributed by atoms with Gasteiger partial charge >= 0.3 is 0 Å². The highest BCUT2D eigenvalue weighted by atomic mass is 16.5. The summed E-state index contributed by atoms with van der Waals surface area (Å²) in [5.74, 6) is 8.08. The Morgan fingerprint density at radius 1 is 1.25 bits per heavy atom. The molecular weight excluding hydrogens is 248 g/mol. The van der Waals surface area contributed by atoms with Gasteiger partial charge in [0.05, 0.1) is 11.2 Å². The normalized spacial score (nSPS) is 37.8. The Morgan fingerprint density at radius 2 is 1.95 bits per heavy atom. The average Bonchev–Trinajstić information content (AvgIpc) is 2.59. The number of nitrogens with two attached hydrogens (primary N) is 1. The molecule has 3 N–H and O–H groups in total. The summed E-state index contributed by atoms with van der Waals surface area (Å²) in [6.45, 7) is 11.2. The maximum atomic E-state index is 6.28. The Kier molecular flexibility index (Phi) is 4.83. The first kappa shape index (κ1) is 16.3. The SMILES string of the molecule is CCC1CCCC(C(NN)C2CC(C)(C)OC2(C)C)C1. The van der Waals surface area contributed by atoms with E-state index in [2.05, 4.69) is 40.0 Å². The minimum atomic E-state index is -0.0836. The smallest absolute Gasteiger partial charge is 0.0678 e. The van der Waals surface area contributed by atoms with E-state index in [-0.39, 0.29) is 11.2 Å². The van der Waals surface area contributed by atoms with Crippen LogP contribution in [0.25, 0.3) is 0 Å². The zero-order chi connectivity index (χ0) is 15.0. The molecule has 1 aliphatic carbocycles. The Labute approximate surface area is 125 Å². The quantitative estimate of drug-likeness (QED) is 0.611. The van der Waals surface area contributed by atoms with Gasteiger partial charge in [-0.2, -0.15) is 0 Å². The van der Waals surface area contributed by atoms with E-state index in [0.717, 1.165) is 12.3 Å². The van der Waals surface area contributed by atoms with Crippen LogP contribution in [0.5, 0.6) is 0 Å². The molecule has 3 heteroatoms. The summed E-state index contributed by atoms with van der Waals surface area (Å²) in [6, 6.07) is 0.390. The third-order valence-electron chi connectivity index (χ3n) is 5.68. The fraction of sp³-hybridized carbons (Fsp3) is 1.00. The molecule has 0 aromatic rings. The van der Waals surface area contributed by atoms with Gasteiger partial charge < -0.3 is 4.74 Å². The third kappa shape index (κ3) is 3.37. The van der Waals surface area contributed by atoms with Crippen molar-refractivity contribution in [3.63, 3.8) is 0 Å². The molecule has 0 amide bonds. The molecule has 118 valence electrons. The predicted octanol–water partition coefficient (Wildman–Crippen LogP) is 3.63. The fourth-order valence-electron chi connectivity index (χ4n) is 4.77. The summed E-state index contributed by atoms with van der Waals surface area (Å²) in [6.07, 6.45) is 7.82. The van der Waals surface area contributed by atoms with Crippen molar-refractivity contribution in [3.05, 3.63) is 0 Å². The molecule has 2 aliphatic rings. The van der Waals surface area contributed by atoms with Gasteiger partial charge in [-0.05, 0) is 58.8 Å². The molecule has 2 rings (SSSR count). The summed E-state index contributed by atoms with van der Waals surface area (Å²) in [4.78, 5) is 0. The molecule has 3 nitrogen and oxygen atoms in total. The van der Waals surface area contributed by atoms with Crippen LogP contribution in [0.15, 0.2) is 0 Å². The number of hydrazine groups is 1. The van der Waals surface area contributed by atoms with Crippen molar-refractivity contribution < 1.29 is 4.74 Å². The van der Waals surface area contributed by atoms with E-state index in [1.807, 2.05) is 0 Å². The first-order chi connectivity index (χ1) is 9.29. The van der Waals surface area contributed by atoms with Crippen LogP contribution < -0.4 is 11.3 Å². The lowest BCUT2D eigenvalue weighted by Gasteiger charge is -2.40. The Balaban J connectivity index is 2.11. The summed E-state index contributed by atoms with van der Waals surface area (Å²) in [7, 11) is 0. The molecule has 0 aromatic carbocycles. The van der Waals surface area contributed by atoms with Crippen molar-refractivity contribution in [2.45, 2.75) is 90.4 Å². The van der Waals surface area contributed by atoms with Crippen molar-refractivity contribution in [2.24, 2.45) is 23.6 Å². The molecule has 1 aliphatic heterocycles. The van der Waals surface area contributed by atoms with Crippen molar-refractivity contribution in [1.29, 1.82) is 0 Å². The van der Waals surface area contributed by atoms with Crippen molar-refractivity contribution in [1.82, 2.24) is 5.43 Å². The molecule has 0 bridgehead atoms. The van der Waals surface area contributed by atoms with E-state index in [1.165, 1.54) is 32.1 Å². The highest BCUT2D eigenvalue weighted by Crippen LogP contribution is 2.47. The number of rotatable bonds is 4. The molecule has 2 fully saturated rings. The van der Waals surface area contributed by atoms with Gasteiger partial charge in [0.25, 0.3) is 0 Å². The number of nitrogens with one attached hydrogen (secondary N) is 1. The predicted molar refractivity (Wildman–Crippen MR) is 84.2 cm³/mol. The molecule has 0 spiro atoms. The molecule has 4 atom stereocenters. The highest BCUT2D eigenvalue weighted by molar-refractivity contribution is 5.01. The first-order valence-electron chi connectivity index (χ1n) is 8.45. The Hall–Kier alpha value is -0.120. The lowest BCUT2D eigenvalue weighted by atomic mass is 9.70. The van der Waals surface area contributed by atoms with Crippen LogP contribution >= 0.6 is 0 Å². The monoisotopic (exact) mass is 282 g/mol. The van der Waals surface area contributed by atoms with Gasteiger partial charge in [-0.15, -0.1) is 0 Å². The van der Waals surface area contributed by atoms with Crippen LogP contribution in [0.1, 0.15) is 73.1 Å². The Bertz CT molecular complexity index is 327. The van der Waals surface area contributed by atoms with Crippen molar-refractivity contribution in [3.8, 4) is 0 Å². The van der Waals surface area contributed by atoms with Crippen LogP contribution in [0.2, 0.25) is 0 Å². The van der Waals surface area contributed by atoms with Gasteiger partial charge in [0, 0.05) is 12.0 Å². The molecule has 0 aromatic heterocycles. The third-order valence-corrected chi connectivity index (χ3v) is 5.68. The highest BCUT2D eigenvalue weighted by Gasteiger charge is 2.50. The second kappa shape index (κ2) is 5.94. The van der Waals surface area contributed by atoms with Crippen LogP contribution in [0.3, 0.4) is 0 Å². The molecule has 4 unspecified atom stereocenters. The Morgan fingerprint density at radius 3 is 2.45 bits per heavy atom. The van der Waals surface area contributed by atoms with E-state index in [0.29, 0.717) is 17.9 Å². The standard InChI is InChI=1S/C17H34N2O/c1-6-12-8-7-9-13(10-12)15(19-18)14-11-16(2,3)20-17(14,4)5/h12-15,19H,6-11,18H2,1-5H3. The average molecular weight is 282 g/mol. The lowest BCUT2D eigenvalue weighted by molar-refractivity contribution is -0.0806. The summed E-state index contributed by atoms with van der Waals surface area (Å²) >= 11 is 0. The van der Waals surface area contributed by atoms with Gasteiger partial charge in [0.2, 0.25) is 0 Å². The van der Waals surface area contributed by atoms with Crippen LogP contribution in [0.4, 0.5) is 0 Å². The molecule has 1 saturated heterocycles. The van der Waals surface area contributed by atoms with Crippen LogP contribution in [-0.2, 0) is 4.74 Å². The van der Waals surface area contributed by atoms with Gasteiger partial charge in [0.15, 0.2) is 0 Å². The summed E-state index contributed by atoms with van der Waals surface area (Å²) in [5.41, 5.74) is 3.06. The molecule has 1 saturated carbocycles. The van der Waals surface area contributed by atoms with Gasteiger partial charge in [0.1, 0.15) is 0 Å². The number of hydrogen-bond donors (Lipinski definition) is 2. The van der Waals surface area contributed by atoms with Crippen LogP contribution in [-0.4, -0.2) is 17.2 Å². The minimum absolute atomic E-state index is 0.0257. The summed E-state index contributed by atoms with van der Waals surface area (Å²) < 4.78 is 6.28. The minimum Gasteiger partial charge on any atom is -0.369 e.